The number of likely N-dealkylation sites (tertiary alicyclic amines) is 1. The molecule has 1 atom stereocenters. The molecule has 0 aliphatic carbocycles. The first-order valence-corrected chi connectivity index (χ1v) is 6.53. The minimum absolute atomic E-state index is 0.144. The van der Waals surface area contributed by atoms with Crippen molar-refractivity contribution in [2.24, 2.45) is 0 Å². The lowest BCUT2D eigenvalue weighted by atomic mass is 10.0. The zero-order chi connectivity index (χ0) is 13.8. The fourth-order valence-electron chi connectivity index (χ4n) is 2.19. The summed E-state index contributed by atoms with van der Waals surface area (Å²) in [5, 5.41) is 10.2. The standard InChI is InChI=1S/C12H15ClN4O2/c1-14-11(18)9-4-2-3-7-17(9)12(19)8-5-6-10(13)16-15-8/h5-6,9H,2-4,7H2,1H3,(H,14,18). The lowest BCUT2D eigenvalue weighted by Crippen LogP contribution is -2.51. The van der Waals surface area contributed by atoms with Crippen LogP contribution in [-0.2, 0) is 4.79 Å². The van der Waals surface area contributed by atoms with Crippen molar-refractivity contribution < 1.29 is 9.59 Å². The van der Waals surface area contributed by atoms with Gasteiger partial charge in [-0.2, -0.15) is 0 Å². The van der Waals surface area contributed by atoms with E-state index in [0.717, 1.165) is 12.8 Å². The largest absolute Gasteiger partial charge is 0.357 e. The molecule has 2 amide bonds. The summed E-state index contributed by atoms with van der Waals surface area (Å²) < 4.78 is 0. The van der Waals surface area contributed by atoms with Gasteiger partial charge in [-0.3, -0.25) is 9.59 Å². The molecule has 19 heavy (non-hydrogen) atoms. The second kappa shape index (κ2) is 5.97. The molecule has 1 aromatic heterocycles. The van der Waals surface area contributed by atoms with Gasteiger partial charge in [0.25, 0.3) is 5.91 Å². The van der Waals surface area contributed by atoms with Crippen LogP contribution >= 0.6 is 11.6 Å². The predicted octanol–water partition coefficient (Wildman–Crippen LogP) is 0.871. The molecule has 0 radical (unpaired) electrons. The number of aromatic nitrogens is 2. The molecule has 6 nitrogen and oxygen atoms in total. The molecule has 7 heteroatoms. The summed E-state index contributed by atoms with van der Waals surface area (Å²) >= 11 is 5.64. The lowest BCUT2D eigenvalue weighted by Gasteiger charge is -2.34. The van der Waals surface area contributed by atoms with E-state index in [0.29, 0.717) is 13.0 Å². The Morgan fingerprint density at radius 2 is 2.16 bits per heavy atom. The third kappa shape index (κ3) is 3.01. The number of carbonyl (C=O) groups is 2. The summed E-state index contributed by atoms with van der Waals surface area (Å²) in [6.07, 6.45) is 2.50. The van der Waals surface area contributed by atoms with Crippen LogP contribution in [-0.4, -0.2) is 46.5 Å². The number of hydrogen-bond acceptors (Lipinski definition) is 4. The lowest BCUT2D eigenvalue weighted by molar-refractivity contribution is -0.126. The van der Waals surface area contributed by atoms with Crippen LogP contribution in [0.5, 0.6) is 0 Å². The van der Waals surface area contributed by atoms with Crippen LogP contribution in [0.3, 0.4) is 0 Å². The molecule has 102 valence electrons. The van der Waals surface area contributed by atoms with Gasteiger partial charge < -0.3 is 10.2 Å². The monoisotopic (exact) mass is 282 g/mol. The topological polar surface area (TPSA) is 75.2 Å². The van der Waals surface area contributed by atoms with Crippen molar-refractivity contribution >= 4 is 23.4 Å². The third-order valence-corrected chi connectivity index (χ3v) is 3.37. The molecule has 1 aliphatic rings. The molecule has 1 fully saturated rings. The molecule has 1 aromatic rings. The van der Waals surface area contributed by atoms with Crippen LogP contribution in [0.4, 0.5) is 0 Å². The van der Waals surface area contributed by atoms with E-state index in [4.69, 9.17) is 11.6 Å². The summed E-state index contributed by atoms with van der Waals surface area (Å²) in [5.74, 6) is -0.424. The molecular formula is C12H15ClN4O2. The van der Waals surface area contributed by atoms with E-state index in [-0.39, 0.29) is 22.7 Å². The Morgan fingerprint density at radius 1 is 1.37 bits per heavy atom. The summed E-state index contributed by atoms with van der Waals surface area (Å²) in [5.41, 5.74) is 0.209. The number of rotatable bonds is 2. The number of carbonyl (C=O) groups excluding carboxylic acids is 2. The Bertz CT molecular complexity index is 477. The van der Waals surface area contributed by atoms with Gasteiger partial charge in [-0.1, -0.05) is 11.6 Å². The first kappa shape index (κ1) is 13.7. The predicted molar refractivity (Wildman–Crippen MR) is 69.8 cm³/mol. The van der Waals surface area contributed by atoms with E-state index in [1.165, 1.54) is 12.1 Å². The van der Waals surface area contributed by atoms with Crippen LogP contribution in [0, 0.1) is 0 Å². The van der Waals surface area contributed by atoms with Gasteiger partial charge in [0.1, 0.15) is 6.04 Å². The fourth-order valence-corrected chi connectivity index (χ4v) is 2.29. The quantitative estimate of drug-likeness (QED) is 0.873. The molecule has 0 saturated carbocycles. The Labute approximate surface area is 116 Å². The zero-order valence-electron chi connectivity index (χ0n) is 10.6. The van der Waals surface area contributed by atoms with Crippen LogP contribution in [0.2, 0.25) is 5.15 Å². The van der Waals surface area contributed by atoms with Gasteiger partial charge in [0.05, 0.1) is 0 Å². The molecule has 2 heterocycles. The van der Waals surface area contributed by atoms with E-state index in [1.807, 2.05) is 0 Å². The summed E-state index contributed by atoms with van der Waals surface area (Å²) in [6, 6.07) is 2.61. The van der Waals surface area contributed by atoms with Gasteiger partial charge in [0.2, 0.25) is 5.91 Å². The van der Waals surface area contributed by atoms with Gasteiger partial charge in [-0.05, 0) is 31.4 Å². The summed E-state index contributed by atoms with van der Waals surface area (Å²) in [7, 11) is 1.57. The molecule has 1 aliphatic heterocycles. The van der Waals surface area contributed by atoms with Gasteiger partial charge in [0, 0.05) is 13.6 Å². The molecule has 0 aromatic carbocycles. The van der Waals surface area contributed by atoms with Crippen LogP contribution in [0.1, 0.15) is 29.8 Å². The Hall–Kier alpha value is -1.69. The second-order valence-corrected chi connectivity index (χ2v) is 4.75. The molecule has 1 N–H and O–H groups in total. The van der Waals surface area contributed by atoms with Crippen molar-refractivity contribution in [2.75, 3.05) is 13.6 Å². The maximum absolute atomic E-state index is 12.3. The maximum atomic E-state index is 12.3. The van der Waals surface area contributed by atoms with E-state index in [2.05, 4.69) is 15.5 Å². The first-order chi connectivity index (χ1) is 9.13. The first-order valence-electron chi connectivity index (χ1n) is 6.15. The van der Waals surface area contributed by atoms with Gasteiger partial charge in [-0.15, -0.1) is 10.2 Å². The Morgan fingerprint density at radius 3 is 2.79 bits per heavy atom. The molecular weight excluding hydrogens is 268 g/mol. The highest BCUT2D eigenvalue weighted by Crippen LogP contribution is 2.19. The van der Waals surface area contributed by atoms with Crippen molar-refractivity contribution in [3.63, 3.8) is 0 Å². The minimum atomic E-state index is -0.427. The highest BCUT2D eigenvalue weighted by molar-refractivity contribution is 6.29. The SMILES string of the molecule is CNC(=O)C1CCCCN1C(=O)c1ccc(Cl)nn1. The van der Waals surface area contributed by atoms with Gasteiger partial charge in [0.15, 0.2) is 10.8 Å². The average molecular weight is 283 g/mol. The van der Waals surface area contributed by atoms with Crippen molar-refractivity contribution in [1.29, 1.82) is 0 Å². The third-order valence-electron chi connectivity index (χ3n) is 3.16. The van der Waals surface area contributed by atoms with Crippen LogP contribution in [0.25, 0.3) is 0 Å². The normalized spacial score (nSPS) is 19.1. The van der Waals surface area contributed by atoms with Crippen molar-refractivity contribution in [2.45, 2.75) is 25.3 Å². The Balaban J connectivity index is 2.20. The minimum Gasteiger partial charge on any atom is -0.357 e. The van der Waals surface area contributed by atoms with Crippen molar-refractivity contribution in [3.8, 4) is 0 Å². The highest BCUT2D eigenvalue weighted by Gasteiger charge is 2.32. The van der Waals surface area contributed by atoms with Gasteiger partial charge >= 0.3 is 0 Å². The molecule has 2 rings (SSSR count). The number of amides is 2. The van der Waals surface area contributed by atoms with Crippen LogP contribution < -0.4 is 5.32 Å². The average Bonchev–Trinajstić information content (AvgIpc) is 2.46. The number of nitrogens with zero attached hydrogens (tertiary/aromatic N) is 3. The molecule has 0 bridgehead atoms. The zero-order valence-corrected chi connectivity index (χ0v) is 11.4. The van der Waals surface area contributed by atoms with E-state index in [9.17, 15) is 9.59 Å². The van der Waals surface area contributed by atoms with E-state index < -0.39 is 6.04 Å². The smallest absolute Gasteiger partial charge is 0.275 e. The van der Waals surface area contributed by atoms with Crippen LogP contribution in [0.15, 0.2) is 12.1 Å². The summed E-state index contributed by atoms with van der Waals surface area (Å²) in [6.45, 7) is 0.557. The fraction of sp³-hybridized carbons (Fsp3) is 0.500. The molecule has 0 spiro atoms. The van der Waals surface area contributed by atoms with Crippen molar-refractivity contribution in [3.05, 3.63) is 23.0 Å². The van der Waals surface area contributed by atoms with E-state index >= 15 is 0 Å². The maximum Gasteiger partial charge on any atom is 0.275 e. The summed E-state index contributed by atoms with van der Waals surface area (Å²) in [4.78, 5) is 25.7. The second-order valence-electron chi connectivity index (χ2n) is 4.37. The van der Waals surface area contributed by atoms with E-state index in [1.54, 1.807) is 11.9 Å². The number of likely N-dealkylation sites (N-methyl/N-ethyl adjacent to an activating group) is 1. The molecule has 1 unspecified atom stereocenters. The number of hydrogen-bond donors (Lipinski definition) is 1. The molecule has 1 saturated heterocycles. The van der Waals surface area contributed by atoms with Gasteiger partial charge in [-0.25, -0.2) is 0 Å². The highest BCUT2D eigenvalue weighted by atomic mass is 35.5. The number of nitrogens with one attached hydrogen (secondary N) is 1. The number of halogens is 1. The number of piperidine rings is 1. The van der Waals surface area contributed by atoms with Crippen molar-refractivity contribution in [1.82, 2.24) is 20.4 Å². The Kier molecular flexibility index (Phi) is 4.31.